The van der Waals surface area contributed by atoms with Crippen molar-refractivity contribution in [2.75, 3.05) is 0 Å². The number of fused-ring (bicyclic) bond motifs is 5. The molecule has 0 bridgehead atoms. The molecule has 4 aliphatic rings. The Kier molecular flexibility index (Phi) is 5.36. The summed E-state index contributed by atoms with van der Waals surface area (Å²) < 4.78 is 0. The van der Waals surface area contributed by atoms with Crippen LogP contribution in [0.5, 0.6) is 0 Å². The van der Waals surface area contributed by atoms with Gasteiger partial charge in [-0.2, -0.15) is 0 Å². The van der Waals surface area contributed by atoms with Crippen molar-refractivity contribution < 1.29 is 20.1 Å². The van der Waals surface area contributed by atoms with Crippen molar-refractivity contribution in [3.8, 4) is 0 Å². The maximum Gasteiger partial charge on any atom is 0.303 e. The minimum atomic E-state index is -0.677. The van der Waals surface area contributed by atoms with Crippen LogP contribution in [0.3, 0.4) is 0 Å². The van der Waals surface area contributed by atoms with E-state index in [0.29, 0.717) is 35.0 Å². The normalized spacial score (nSPS) is 51.7. The molecule has 0 aromatic carbocycles. The molecule has 4 saturated carbocycles. The Morgan fingerprint density at radius 3 is 2.36 bits per heavy atom. The fraction of sp³-hybridized carbons (Fsp3) is 0.958. The third-order valence-electron chi connectivity index (χ3n) is 10.2. The van der Waals surface area contributed by atoms with E-state index in [0.717, 1.165) is 32.1 Å². The molecule has 0 amide bonds. The lowest BCUT2D eigenvalue weighted by molar-refractivity contribution is -0.172. The van der Waals surface area contributed by atoms with Gasteiger partial charge in [-0.25, -0.2) is 0 Å². The first-order valence-corrected chi connectivity index (χ1v) is 11.7. The number of rotatable bonds is 4. The van der Waals surface area contributed by atoms with Crippen LogP contribution in [0.15, 0.2) is 0 Å². The van der Waals surface area contributed by atoms with E-state index in [1.165, 1.54) is 25.7 Å². The van der Waals surface area contributed by atoms with E-state index in [1.807, 2.05) is 0 Å². The summed E-state index contributed by atoms with van der Waals surface area (Å²) >= 11 is 0. The van der Waals surface area contributed by atoms with Gasteiger partial charge in [-0.05, 0) is 104 Å². The molecule has 0 saturated heterocycles. The number of aliphatic carboxylic acids is 1. The third-order valence-corrected chi connectivity index (χ3v) is 10.2. The van der Waals surface area contributed by atoms with Gasteiger partial charge in [-0.1, -0.05) is 20.8 Å². The third kappa shape index (κ3) is 3.14. The first-order chi connectivity index (χ1) is 13.2. The monoisotopic (exact) mass is 392 g/mol. The maximum atomic E-state index is 11.1. The zero-order valence-electron chi connectivity index (χ0n) is 17.9. The second kappa shape index (κ2) is 7.27. The van der Waals surface area contributed by atoms with Crippen LogP contribution in [-0.2, 0) is 4.79 Å². The molecule has 4 rings (SSSR count). The maximum absolute atomic E-state index is 11.1. The molecular formula is C24H40O4. The largest absolute Gasteiger partial charge is 0.481 e. The average molecular weight is 393 g/mol. The van der Waals surface area contributed by atoms with E-state index in [9.17, 15) is 15.0 Å². The molecule has 0 aromatic rings. The molecular weight excluding hydrogens is 352 g/mol. The lowest BCUT2D eigenvalue weighted by Crippen LogP contribution is -2.58. The first kappa shape index (κ1) is 20.7. The van der Waals surface area contributed by atoms with Gasteiger partial charge in [-0.3, -0.25) is 4.79 Å². The quantitative estimate of drug-likeness (QED) is 0.659. The summed E-state index contributed by atoms with van der Waals surface area (Å²) in [6.07, 6.45) is 9.16. The molecule has 4 nitrogen and oxygen atoms in total. The predicted octanol–water partition coefficient (Wildman–Crippen LogP) is 4.48. The highest BCUT2D eigenvalue weighted by atomic mass is 16.4. The molecule has 0 unspecified atom stereocenters. The first-order valence-electron chi connectivity index (χ1n) is 11.7. The van der Waals surface area contributed by atoms with Crippen molar-refractivity contribution in [3.63, 3.8) is 0 Å². The molecule has 4 fully saturated rings. The van der Waals surface area contributed by atoms with E-state index in [1.54, 1.807) is 0 Å². The van der Waals surface area contributed by atoms with Gasteiger partial charge in [0.15, 0.2) is 0 Å². The second-order valence-electron chi connectivity index (χ2n) is 11.4. The number of hydrogen-bond acceptors (Lipinski definition) is 3. The molecule has 4 aliphatic carbocycles. The molecule has 0 aliphatic heterocycles. The van der Waals surface area contributed by atoms with Gasteiger partial charge in [0.25, 0.3) is 0 Å². The number of aliphatic hydroxyl groups excluding tert-OH is 2. The Balaban J connectivity index is 1.55. The Bertz CT molecular complexity index is 605. The summed E-state index contributed by atoms with van der Waals surface area (Å²) in [5.41, 5.74) is 0.478. The van der Waals surface area contributed by atoms with Gasteiger partial charge in [0.05, 0.1) is 12.2 Å². The van der Waals surface area contributed by atoms with Gasteiger partial charge < -0.3 is 15.3 Å². The molecule has 0 radical (unpaired) electrons. The zero-order chi connectivity index (χ0) is 20.3. The van der Waals surface area contributed by atoms with Crippen LogP contribution < -0.4 is 0 Å². The van der Waals surface area contributed by atoms with Crippen molar-refractivity contribution in [1.82, 2.24) is 0 Å². The van der Waals surface area contributed by atoms with E-state index in [2.05, 4.69) is 20.8 Å². The van der Waals surface area contributed by atoms with Gasteiger partial charge in [0.2, 0.25) is 0 Å². The summed E-state index contributed by atoms with van der Waals surface area (Å²) in [6, 6.07) is 0. The molecule has 0 heterocycles. The number of carboxylic acid groups (broad SMARTS) is 1. The summed E-state index contributed by atoms with van der Waals surface area (Å²) in [6.45, 7) is 7.16. The van der Waals surface area contributed by atoms with Gasteiger partial charge in [0.1, 0.15) is 0 Å². The Hall–Kier alpha value is -0.610. The van der Waals surface area contributed by atoms with Crippen molar-refractivity contribution in [2.45, 2.75) is 97.2 Å². The van der Waals surface area contributed by atoms with Gasteiger partial charge in [0, 0.05) is 6.42 Å². The topological polar surface area (TPSA) is 77.8 Å². The highest BCUT2D eigenvalue weighted by Crippen LogP contribution is 2.68. The predicted molar refractivity (Wildman–Crippen MR) is 109 cm³/mol. The standard InChI is InChI=1S/C24H40O4/c1-14(4-7-22(27)28)17-5-6-18-16-13-21(26)20-12-15(25)8-10-24(20,3)19(16)9-11-23(17,18)2/h14-21,25-26H,4-13H2,1-3H3,(H,27,28)/t14-,15-,16+,17-,18+,19+,20+,21-,23-,24+/m0/s1. The molecule has 3 N–H and O–H groups in total. The van der Waals surface area contributed by atoms with Crippen molar-refractivity contribution in [2.24, 2.45) is 46.3 Å². The van der Waals surface area contributed by atoms with Crippen molar-refractivity contribution in [3.05, 3.63) is 0 Å². The molecule has 10 atom stereocenters. The lowest BCUT2D eigenvalue weighted by atomic mass is 9.44. The minimum Gasteiger partial charge on any atom is -0.481 e. The highest BCUT2D eigenvalue weighted by Gasteiger charge is 2.62. The molecule has 160 valence electrons. The highest BCUT2D eigenvalue weighted by molar-refractivity contribution is 5.66. The average Bonchev–Trinajstić information content (AvgIpc) is 2.99. The van der Waals surface area contributed by atoms with E-state index >= 15 is 0 Å². The Labute approximate surface area is 170 Å². The fourth-order valence-electron chi connectivity index (χ4n) is 8.81. The number of aliphatic hydroxyl groups is 2. The summed E-state index contributed by atoms with van der Waals surface area (Å²) in [7, 11) is 0. The van der Waals surface area contributed by atoms with Crippen LogP contribution in [-0.4, -0.2) is 33.5 Å². The van der Waals surface area contributed by atoms with Crippen LogP contribution in [0.25, 0.3) is 0 Å². The molecule has 0 aromatic heterocycles. The number of hydrogen-bond donors (Lipinski definition) is 3. The Morgan fingerprint density at radius 1 is 0.964 bits per heavy atom. The van der Waals surface area contributed by atoms with Gasteiger partial charge in [-0.15, -0.1) is 0 Å². The lowest BCUT2D eigenvalue weighted by Gasteiger charge is -2.62. The smallest absolute Gasteiger partial charge is 0.303 e. The van der Waals surface area contributed by atoms with Gasteiger partial charge >= 0.3 is 5.97 Å². The minimum absolute atomic E-state index is 0.176. The molecule has 0 spiro atoms. The summed E-state index contributed by atoms with van der Waals surface area (Å²) in [5.74, 6) is 2.61. The van der Waals surface area contributed by atoms with Crippen molar-refractivity contribution >= 4 is 5.97 Å². The summed E-state index contributed by atoms with van der Waals surface area (Å²) in [5, 5.41) is 30.4. The van der Waals surface area contributed by atoms with Crippen LogP contribution in [0.1, 0.15) is 85.0 Å². The molecule has 28 heavy (non-hydrogen) atoms. The van der Waals surface area contributed by atoms with Crippen LogP contribution in [0.2, 0.25) is 0 Å². The van der Waals surface area contributed by atoms with Crippen LogP contribution in [0.4, 0.5) is 0 Å². The SMILES string of the molecule is C[C@@H](CCC(=O)O)[C@@H]1CC[C@@H]2[C@H]3C[C@H](O)[C@H]4C[C@@H](O)CC[C@]4(C)[C@@H]3CC[C@]21C. The van der Waals surface area contributed by atoms with Crippen LogP contribution >= 0.6 is 0 Å². The Morgan fingerprint density at radius 2 is 1.64 bits per heavy atom. The number of carboxylic acids is 1. The fourth-order valence-corrected chi connectivity index (χ4v) is 8.81. The second-order valence-corrected chi connectivity index (χ2v) is 11.4. The van der Waals surface area contributed by atoms with Crippen LogP contribution in [0, 0.1) is 46.3 Å². The molecule has 4 heteroatoms. The number of carbonyl (C=O) groups is 1. The van der Waals surface area contributed by atoms with E-state index in [4.69, 9.17) is 5.11 Å². The van der Waals surface area contributed by atoms with E-state index < -0.39 is 5.97 Å². The zero-order valence-corrected chi connectivity index (χ0v) is 17.9. The van der Waals surface area contributed by atoms with Crippen molar-refractivity contribution in [1.29, 1.82) is 0 Å². The summed E-state index contributed by atoms with van der Waals surface area (Å²) in [4.78, 5) is 11.1. The van der Waals surface area contributed by atoms with E-state index in [-0.39, 0.29) is 30.0 Å².